The average Bonchev–Trinajstić information content (AvgIpc) is 2.26. The average molecular weight is 287 g/mol. The van der Waals surface area contributed by atoms with E-state index in [1.54, 1.807) is 0 Å². The molecule has 1 rings (SSSR count). The Morgan fingerprint density at radius 1 is 1.37 bits per heavy atom. The number of nitro groups is 1. The number of hydrogen-bond acceptors (Lipinski definition) is 5. The molecular weight excluding hydrogens is 268 g/mol. The lowest BCUT2D eigenvalue weighted by molar-refractivity contribution is -0.384. The first-order valence-corrected chi connectivity index (χ1v) is 6.70. The maximum absolute atomic E-state index is 11.0. The highest BCUT2D eigenvalue weighted by atomic mass is 35.5. The number of hydrogen-bond donors (Lipinski definition) is 1. The van der Waals surface area contributed by atoms with Crippen molar-refractivity contribution in [2.24, 2.45) is 5.92 Å². The second-order valence-electron chi connectivity index (χ2n) is 4.94. The fraction of sp³-hybridized carbons (Fsp3) is 0.667. The van der Waals surface area contributed by atoms with Crippen LogP contribution < -0.4 is 5.32 Å². The highest BCUT2D eigenvalue weighted by Crippen LogP contribution is 2.30. The lowest BCUT2D eigenvalue weighted by Crippen LogP contribution is -2.17. The summed E-state index contributed by atoms with van der Waals surface area (Å²) in [7, 11) is 0. The fourth-order valence-electron chi connectivity index (χ4n) is 1.53. The topological polar surface area (TPSA) is 81.0 Å². The van der Waals surface area contributed by atoms with Gasteiger partial charge in [0.15, 0.2) is 0 Å². The van der Waals surface area contributed by atoms with Gasteiger partial charge in [0.2, 0.25) is 11.0 Å². The molecule has 6 nitrogen and oxygen atoms in total. The van der Waals surface area contributed by atoms with Crippen LogP contribution in [0.25, 0.3) is 0 Å². The van der Waals surface area contributed by atoms with E-state index < -0.39 is 4.92 Å². The molecule has 0 bridgehead atoms. The van der Waals surface area contributed by atoms with Crippen LogP contribution in [0, 0.1) is 16.0 Å². The second kappa shape index (κ2) is 6.65. The van der Waals surface area contributed by atoms with Crippen LogP contribution in [0.5, 0.6) is 0 Å². The molecule has 0 aromatic carbocycles. The predicted molar refractivity (Wildman–Crippen MR) is 75.6 cm³/mol. The molecule has 0 saturated heterocycles. The monoisotopic (exact) mass is 286 g/mol. The molecule has 1 aromatic heterocycles. The van der Waals surface area contributed by atoms with E-state index in [1.165, 1.54) is 0 Å². The van der Waals surface area contributed by atoms with E-state index >= 15 is 0 Å². The van der Waals surface area contributed by atoms with Crippen molar-refractivity contribution in [1.82, 2.24) is 9.97 Å². The summed E-state index contributed by atoms with van der Waals surface area (Å²) in [6, 6.07) is 0.0802. The Kier molecular flexibility index (Phi) is 5.47. The summed E-state index contributed by atoms with van der Waals surface area (Å²) < 4.78 is 0. The zero-order chi connectivity index (χ0) is 14.6. The van der Waals surface area contributed by atoms with Crippen molar-refractivity contribution in [3.63, 3.8) is 0 Å². The summed E-state index contributed by atoms with van der Waals surface area (Å²) in [6.45, 7) is 7.98. The first-order chi connectivity index (χ1) is 8.85. The molecule has 0 amide bonds. The van der Waals surface area contributed by atoms with Gasteiger partial charge < -0.3 is 5.32 Å². The predicted octanol–water partition coefficient (Wildman–Crippen LogP) is 3.45. The largest absolute Gasteiger partial charge is 0.362 e. The number of nitrogens with one attached hydrogen (secondary N) is 1. The van der Waals surface area contributed by atoms with Crippen molar-refractivity contribution >= 4 is 23.1 Å². The standard InChI is InChI=1S/C12H19ClN4O2/c1-5-8(4)14-12-10(17(18)19)11(13)15-9(16-12)6-7(2)3/h7-8H,5-6H2,1-4H3,(H,14,15,16). The van der Waals surface area contributed by atoms with Gasteiger partial charge in [0, 0.05) is 12.5 Å². The van der Waals surface area contributed by atoms with Gasteiger partial charge in [0.25, 0.3) is 0 Å². The highest BCUT2D eigenvalue weighted by molar-refractivity contribution is 6.31. The third-order valence-corrected chi connectivity index (χ3v) is 2.92. The summed E-state index contributed by atoms with van der Waals surface area (Å²) in [5, 5.41) is 14.0. The molecule has 0 aliphatic rings. The zero-order valence-electron chi connectivity index (χ0n) is 11.6. The van der Waals surface area contributed by atoms with E-state index in [0.29, 0.717) is 18.2 Å². The summed E-state index contributed by atoms with van der Waals surface area (Å²) in [6.07, 6.45) is 1.46. The summed E-state index contributed by atoms with van der Waals surface area (Å²) in [5.74, 6) is 1.08. The van der Waals surface area contributed by atoms with Crippen LogP contribution in [0.15, 0.2) is 0 Å². The molecule has 0 fully saturated rings. The van der Waals surface area contributed by atoms with Crippen molar-refractivity contribution in [2.75, 3.05) is 5.32 Å². The van der Waals surface area contributed by atoms with Crippen molar-refractivity contribution in [3.05, 3.63) is 21.1 Å². The Morgan fingerprint density at radius 3 is 2.47 bits per heavy atom. The van der Waals surface area contributed by atoms with Gasteiger partial charge in [-0.15, -0.1) is 0 Å². The molecule has 19 heavy (non-hydrogen) atoms. The Balaban J connectivity index is 3.20. The normalized spacial score (nSPS) is 12.5. The van der Waals surface area contributed by atoms with Crippen molar-refractivity contribution in [3.8, 4) is 0 Å². The molecule has 0 aliphatic heterocycles. The molecule has 0 radical (unpaired) electrons. The van der Waals surface area contributed by atoms with Gasteiger partial charge in [-0.2, -0.15) is 0 Å². The lowest BCUT2D eigenvalue weighted by atomic mass is 10.1. The van der Waals surface area contributed by atoms with E-state index in [9.17, 15) is 10.1 Å². The van der Waals surface area contributed by atoms with Crippen molar-refractivity contribution in [1.29, 1.82) is 0 Å². The molecule has 1 unspecified atom stereocenters. The van der Waals surface area contributed by atoms with E-state index in [1.807, 2.05) is 27.7 Å². The molecule has 1 heterocycles. The third-order valence-electron chi connectivity index (χ3n) is 2.66. The SMILES string of the molecule is CCC(C)Nc1nc(CC(C)C)nc(Cl)c1[N+](=O)[O-]. The minimum atomic E-state index is -0.549. The molecule has 0 saturated carbocycles. The number of rotatable bonds is 6. The lowest BCUT2D eigenvalue weighted by Gasteiger charge is -2.14. The maximum atomic E-state index is 11.0. The Labute approximate surface area is 117 Å². The second-order valence-corrected chi connectivity index (χ2v) is 5.29. The minimum Gasteiger partial charge on any atom is -0.362 e. The molecule has 0 aliphatic carbocycles. The first-order valence-electron chi connectivity index (χ1n) is 6.32. The van der Waals surface area contributed by atoms with Gasteiger partial charge in [0.05, 0.1) is 4.92 Å². The van der Waals surface area contributed by atoms with Crippen LogP contribution in [0.2, 0.25) is 5.15 Å². The number of nitrogens with zero attached hydrogens (tertiary/aromatic N) is 3. The molecule has 1 atom stereocenters. The molecule has 7 heteroatoms. The van der Waals surface area contributed by atoms with Crippen molar-refractivity contribution in [2.45, 2.75) is 46.6 Å². The summed E-state index contributed by atoms with van der Waals surface area (Å²) in [4.78, 5) is 18.7. The molecular formula is C12H19ClN4O2. The third kappa shape index (κ3) is 4.31. The summed E-state index contributed by atoms with van der Waals surface area (Å²) in [5.41, 5.74) is -0.255. The molecule has 1 N–H and O–H groups in total. The van der Waals surface area contributed by atoms with Crippen LogP contribution in [0.3, 0.4) is 0 Å². The van der Waals surface area contributed by atoms with Gasteiger partial charge in [-0.05, 0) is 19.3 Å². The van der Waals surface area contributed by atoms with Gasteiger partial charge >= 0.3 is 5.69 Å². The van der Waals surface area contributed by atoms with Gasteiger partial charge in [-0.1, -0.05) is 32.4 Å². The van der Waals surface area contributed by atoms with Gasteiger partial charge in [-0.25, -0.2) is 9.97 Å². The molecule has 1 aromatic rings. The van der Waals surface area contributed by atoms with Gasteiger partial charge in [0.1, 0.15) is 5.82 Å². The van der Waals surface area contributed by atoms with Gasteiger partial charge in [-0.3, -0.25) is 10.1 Å². The Bertz CT molecular complexity index is 465. The first kappa shape index (κ1) is 15.6. The molecule has 106 valence electrons. The zero-order valence-corrected chi connectivity index (χ0v) is 12.4. The van der Waals surface area contributed by atoms with E-state index in [0.717, 1.165) is 6.42 Å². The maximum Gasteiger partial charge on any atom is 0.348 e. The number of halogens is 1. The smallest absolute Gasteiger partial charge is 0.348 e. The summed E-state index contributed by atoms with van der Waals surface area (Å²) >= 11 is 5.91. The number of aromatic nitrogens is 2. The van der Waals surface area contributed by atoms with Crippen LogP contribution in [-0.4, -0.2) is 20.9 Å². The highest BCUT2D eigenvalue weighted by Gasteiger charge is 2.24. The Morgan fingerprint density at radius 2 is 2.00 bits per heavy atom. The van der Waals surface area contributed by atoms with E-state index in [2.05, 4.69) is 15.3 Å². The molecule has 0 spiro atoms. The van der Waals surface area contributed by atoms with Crippen LogP contribution in [-0.2, 0) is 6.42 Å². The Hall–Kier alpha value is -1.43. The fourth-order valence-corrected chi connectivity index (χ4v) is 1.78. The quantitative estimate of drug-likeness (QED) is 0.492. The van der Waals surface area contributed by atoms with Crippen LogP contribution in [0.4, 0.5) is 11.5 Å². The van der Waals surface area contributed by atoms with E-state index in [4.69, 9.17) is 11.6 Å². The van der Waals surface area contributed by atoms with Crippen molar-refractivity contribution < 1.29 is 4.92 Å². The van der Waals surface area contributed by atoms with E-state index in [-0.39, 0.29) is 22.7 Å². The number of anilines is 1. The van der Waals surface area contributed by atoms with Crippen LogP contribution in [0.1, 0.15) is 39.9 Å². The van der Waals surface area contributed by atoms with Crippen LogP contribution >= 0.6 is 11.6 Å². The minimum absolute atomic E-state index is 0.0802.